The lowest BCUT2D eigenvalue weighted by Gasteiger charge is -2.05. The summed E-state index contributed by atoms with van der Waals surface area (Å²) in [5.74, 6) is 0.109. The molecule has 2 rings (SSSR count). The third-order valence-electron chi connectivity index (χ3n) is 2.15. The molecule has 0 bridgehead atoms. The lowest BCUT2D eigenvalue weighted by Crippen LogP contribution is -2.05. The van der Waals surface area contributed by atoms with Crippen molar-refractivity contribution in [3.8, 4) is 0 Å². The zero-order chi connectivity index (χ0) is 11.7. The van der Waals surface area contributed by atoms with Crippen LogP contribution in [-0.2, 0) is 6.54 Å². The first-order valence-corrected chi connectivity index (χ1v) is 5.65. The van der Waals surface area contributed by atoms with E-state index in [4.69, 9.17) is 17.3 Å². The molecule has 0 amide bonds. The smallest absolute Gasteiger partial charge is 0.140 e. The molecule has 0 saturated heterocycles. The first-order valence-electron chi connectivity index (χ1n) is 4.48. The van der Waals surface area contributed by atoms with Crippen molar-refractivity contribution in [2.24, 2.45) is 0 Å². The largest absolute Gasteiger partial charge is 0.383 e. The van der Waals surface area contributed by atoms with Crippen LogP contribution in [0.3, 0.4) is 0 Å². The Kier molecular flexibility index (Phi) is 3.16. The van der Waals surface area contributed by atoms with Crippen molar-refractivity contribution in [2.45, 2.75) is 6.54 Å². The van der Waals surface area contributed by atoms with Crippen molar-refractivity contribution in [2.75, 3.05) is 5.73 Å². The first kappa shape index (κ1) is 11.4. The summed E-state index contributed by atoms with van der Waals surface area (Å²) in [5.41, 5.74) is 6.59. The van der Waals surface area contributed by atoms with Crippen molar-refractivity contribution in [1.82, 2.24) is 9.78 Å². The van der Waals surface area contributed by atoms with E-state index in [1.807, 2.05) is 0 Å². The Bertz CT molecular complexity index is 527. The van der Waals surface area contributed by atoms with Crippen LogP contribution in [0.15, 0.2) is 28.9 Å². The van der Waals surface area contributed by atoms with Crippen LogP contribution < -0.4 is 5.73 Å². The SMILES string of the molecule is Nc1c(Cl)cnn1Cc1ccc(F)c(Br)c1. The lowest BCUT2D eigenvalue weighted by molar-refractivity contribution is 0.618. The number of nitrogens with two attached hydrogens (primary N) is 1. The van der Waals surface area contributed by atoms with E-state index in [1.165, 1.54) is 12.3 Å². The summed E-state index contributed by atoms with van der Waals surface area (Å²) < 4.78 is 15.0. The van der Waals surface area contributed by atoms with Gasteiger partial charge in [-0.05, 0) is 33.6 Å². The zero-order valence-electron chi connectivity index (χ0n) is 8.12. The second-order valence-electron chi connectivity index (χ2n) is 3.28. The van der Waals surface area contributed by atoms with Crippen molar-refractivity contribution in [3.63, 3.8) is 0 Å². The number of halogens is 3. The van der Waals surface area contributed by atoms with E-state index in [-0.39, 0.29) is 5.82 Å². The maximum Gasteiger partial charge on any atom is 0.140 e. The quantitative estimate of drug-likeness (QED) is 0.926. The van der Waals surface area contributed by atoms with Crippen molar-refractivity contribution < 1.29 is 4.39 Å². The minimum atomic E-state index is -0.296. The van der Waals surface area contributed by atoms with E-state index in [1.54, 1.807) is 16.8 Å². The van der Waals surface area contributed by atoms with Crippen LogP contribution in [0.4, 0.5) is 10.2 Å². The average molecular weight is 305 g/mol. The fourth-order valence-corrected chi connectivity index (χ4v) is 1.88. The summed E-state index contributed by atoms with van der Waals surface area (Å²) in [7, 11) is 0. The molecule has 1 aromatic carbocycles. The predicted molar refractivity (Wildman–Crippen MR) is 64.9 cm³/mol. The van der Waals surface area contributed by atoms with Gasteiger partial charge in [-0.15, -0.1) is 0 Å². The van der Waals surface area contributed by atoms with Gasteiger partial charge in [-0.3, -0.25) is 0 Å². The second-order valence-corrected chi connectivity index (χ2v) is 4.55. The highest BCUT2D eigenvalue weighted by Gasteiger charge is 2.06. The molecule has 0 radical (unpaired) electrons. The van der Waals surface area contributed by atoms with Gasteiger partial charge in [0.15, 0.2) is 0 Å². The number of aromatic nitrogens is 2. The molecule has 1 aromatic heterocycles. The Labute approximate surface area is 105 Å². The lowest BCUT2D eigenvalue weighted by atomic mass is 10.2. The number of nitrogens with zero attached hydrogens (tertiary/aromatic N) is 2. The number of rotatable bonds is 2. The van der Waals surface area contributed by atoms with E-state index >= 15 is 0 Å². The Morgan fingerprint density at radius 2 is 2.25 bits per heavy atom. The molecule has 0 unspecified atom stereocenters. The van der Waals surface area contributed by atoms with Gasteiger partial charge < -0.3 is 5.73 Å². The Morgan fingerprint density at radius 1 is 1.50 bits per heavy atom. The Balaban J connectivity index is 2.27. The number of nitrogen functional groups attached to an aromatic ring is 1. The number of benzene rings is 1. The van der Waals surface area contributed by atoms with Crippen LogP contribution >= 0.6 is 27.5 Å². The zero-order valence-corrected chi connectivity index (χ0v) is 10.5. The van der Waals surface area contributed by atoms with Crippen LogP contribution in [0.25, 0.3) is 0 Å². The van der Waals surface area contributed by atoms with Gasteiger partial charge in [0.2, 0.25) is 0 Å². The average Bonchev–Trinajstić information content (AvgIpc) is 2.55. The fraction of sp³-hybridized carbons (Fsp3) is 0.100. The van der Waals surface area contributed by atoms with Crippen LogP contribution in [-0.4, -0.2) is 9.78 Å². The molecule has 0 saturated carbocycles. The van der Waals surface area contributed by atoms with Crippen molar-refractivity contribution in [3.05, 3.63) is 45.3 Å². The molecule has 0 aliphatic rings. The minimum absolute atomic E-state index is 0.296. The normalized spacial score (nSPS) is 10.7. The van der Waals surface area contributed by atoms with E-state index in [0.29, 0.717) is 21.9 Å². The number of hydrogen-bond acceptors (Lipinski definition) is 2. The molecule has 0 fully saturated rings. The van der Waals surface area contributed by atoms with E-state index < -0.39 is 0 Å². The van der Waals surface area contributed by atoms with Crippen LogP contribution in [0.1, 0.15) is 5.56 Å². The maximum absolute atomic E-state index is 13.0. The third kappa shape index (κ3) is 2.20. The Hall–Kier alpha value is -1.07. The summed E-state index contributed by atoms with van der Waals surface area (Å²) in [5, 5.41) is 4.43. The van der Waals surface area contributed by atoms with Crippen LogP contribution in [0.2, 0.25) is 5.02 Å². The Morgan fingerprint density at radius 3 is 2.81 bits per heavy atom. The summed E-state index contributed by atoms with van der Waals surface area (Å²) in [6, 6.07) is 4.75. The highest BCUT2D eigenvalue weighted by atomic mass is 79.9. The van der Waals surface area contributed by atoms with Crippen LogP contribution in [0.5, 0.6) is 0 Å². The molecule has 1 heterocycles. The highest BCUT2D eigenvalue weighted by Crippen LogP contribution is 2.20. The molecule has 16 heavy (non-hydrogen) atoms. The van der Waals surface area contributed by atoms with E-state index in [9.17, 15) is 4.39 Å². The standard InChI is InChI=1S/C10H8BrClFN3/c11-7-3-6(1-2-9(7)13)5-16-10(14)8(12)4-15-16/h1-4H,5,14H2. The minimum Gasteiger partial charge on any atom is -0.383 e. The van der Waals surface area contributed by atoms with Gasteiger partial charge >= 0.3 is 0 Å². The number of hydrogen-bond donors (Lipinski definition) is 1. The molecular formula is C10H8BrClFN3. The third-order valence-corrected chi connectivity index (χ3v) is 3.05. The summed E-state index contributed by atoms with van der Waals surface area (Å²) in [4.78, 5) is 0. The van der Waals surface area contributed by atoms with E-state index in [2.05, 4.69) is 21.0 Å². The molecule has 2 aromatic rings. The molecule has 84 valence electrons. The molecule has 0 aliphatic carbocycles. The molecule has 0 aliphatic heterocycles. The van der Waals surface area contributed by atoms with Gasteiger partial charge in [-0.2, -0.15) is 5.10 Å². The van der Waals surface area contributed by atoms with Gasteiger partial charge in [0.25, 0.3) is 0 Å². The molecular weight excluding hydrogens is 296 g/mol. The maximum atomic E-state index is 13.0. The van der Waals surface area contributed by atoms with Gasteiger partial charge in [0, 0.05) is 0 Å². The van der Waals surface area contributed by atoms with E-state index in [0.717, 1.165) is 5.56 Å². The summed E-state index contributed by atoms with van der Waals surface area (Å²) in [6.07, 6.45) is 1.48. The van der Waals surface area contributed by atoms with Crippen molar-refractivity contribution >= 4 is 33.3 Å². The van der Waals surface area contributed by atoms with Gasteiger partial charge in [-0.25, -0.2) is 9.07 Å². The topological polar surface area (TPSA) is 43.8 Å². The predicted octanol–water partition coefficient (Wildman–Crippen LogP) is 3.07. The number of anilines is 1. The van der Waals surface area contributed by atoms with Gasteiger partial charge in [-0.1, -0.05) is 17.7 Å². The summed E-state index contributed by atoms with van der Waals surface area (Å²) >= 11 is 8.90. The fourth-order valence-electron chi connectivity index (χ4n) is 1.31. The summed E-state index contributed by atoms with van der Waals surface area (Å²) in [6.45, 7) is 0.456. The van der Waals surface area contributed by atoms with Crippen LogP contribution in [0, 0.1) is 5.82 Å². The molecule has 3 nitrogen and oxygen atoms in total. The van der Waals surface area contributed by atoms with Gasteiger partial charge in [0.05, 0.1) is 17.2 Å². The second kappa shape index (κ2) is 4.43. The first-order chi connectivity index (χ1) is 7.58. The molecule has 0 atom stereocenters. The highest BCUT2D eigenvalue weighted by molar-refractivity contribution is 9.10. The van der Waals surface area contributed by atoms with Gasteiger partial charge in [0.1, 0.15) is 16.7 Å². The monoisotopic (exact) mass is 303 g/mol. The molecule has 0 spiro atoms. The molecule has 6 heteroatoms. The van der Waals surface area contributed by atoms with Crippen molar-refractivity contribution in [1.29, 1.82) is 0 Å². The molecule has 2 N–H and O–H groups in total.